The Morgan fingerprint density at radius 1 is 1.28 bits per heavy atom. The summed E-state index contributed by atoms with van der Waals surface area (Å²) < 4.78 is 17.8. The van der Waals surface area contributed by atoms with E-state index in [-0.39, 0.29) is 5.92 Å². The van der Waals surface area contributed by atoms with Gasteiger partial charge in [0.2, 0.25) is 0 Å². The van der Waals surface area contributed by atoms with Crippen molar-refractivity contribution >= 4 is 11.9 Å². The molecule has 1 aromatic rings. The molecule has 0 saturated heterocycles. The van der Waals surface area contributed by atoms with Gasteiger partial charge in [-0.05, 0) is 58.4 Å². The maximum Gasteiger partial charge on any atom is 0.334 e. The predicted octanol–water partition coefficient (Wildman–Crippen LogP) is 5.65. The molecular weight excluding hydrogens is 408 g/mol. The van der Waals surface area contributed by atoms with Gasteiger partial charge in [-0.1, -0.05) is 38.8 Å². The molecule has 0 aromatic carbocycles. The van der Waals surface area contributed by atoms with Crippen LogP contribution in [0, 0.1) is 18.3 Å². The number of hydrogen-bond acceptors (Lipinski definition) is 6. The third-order valence-electron chi connectivity index (χ3n) is 7.82. The molecule has 0 aliphatic heterocycles. The first-order chi connectivity index (χ1) is 15.0. The van der Waals surface area contributed by atoms with Crippen LogP contribution in [0.15, 0.2) is 34.0 Å². The van der Waals surface area contributed by atoms with E-state index in [0.717, 1.165) is 30.4 Å². The number of carbonyl (C=O) groups is 2. The minimum Gasteiger partial charge on any atom is -0.465 e. The van der Waals surface area contributed by atoms with E-state index in [1.54, 1.807) is 26.2 Å². The van der Waals surface area contributed by atoms with Gasteiger partial charge < -0.3 is 19.0 Å². The van der Waals surface area contributed by atoms with Crippen LogP contribution in [-0.4, -0.2) is 22.6 Å². The van der Waals surface area contributed by atoms with Gasteiger partial charge in [0.05, 0.1) is 6.26 Å². The van der Waals surface area contributed by atoms with Crippen molar-refractivity contribution in [2.24, 2.45) is 11.3 Å². The molecule has 1 N–H and O–H groups in total. The lowest BCUT2D eigenvalue weighted by molar-refractivity contribution is -0.257. The largest absolute Gasteiger partial charge is 0.465 e. The number of furan rings is 1. The summed E-state index contributed by atoms with van der Waals surface area (Å²) in [6, 6.07) is 0. The molecule has 32 heavy (non-hydrogen) atoms. The first-order valence-electron chi connectivity index (χ1n) is 11.5. The number of ether oxygens (including phenoxy) is 2. The lowest BCUT2D eigenvalue weighted by atomic mass is 9.50. The zero-order valence-electron chi connectivity index (χ0n) is 20.3. The maximum atomic E-state index is 12.8. The van der Waals surface area contributed by atoms with E-state index in [1.165, 1.54) is 6.08 Å². The first kappa shape index (κ1) is 24.3. The third kappa shape index (κ3) is 3.72. The fourth-order valence-electron chi connectivity index (χ4n) is 5.21. The number of aliphatic hydroxyl groups is 1. The Kier molecular flexibility index (Phi) is 6.75. The van der Waals surface area contributed by atoms with Gasteiger partial charge in [-0.25, -0.2) is 9.59 Å². The molecule has 6 heteroatoms. The Morgan fingerprint density at radius 3 is 2.59 bits per heavy atom. The van der Waals surface area contributed by atoms with Crippen molar-refractivity contribution < 1.29 is 28.6 Å². The van der Waals surface area contributed by atoms with E-state index in [2.05, 4.69) is 6.92 Å². The van der Waals surface area contributed by atoms with Crippen LogP contribution in [0.4, 0.5) is 0 Å². The second-order valence-electron chi connectivity index (χ2n) is 9.62. The van der Waals surface area contributed by atoms with Crippen LogP contribution in [0.3, 0.4) is 0 Å². The zero-order valence-corrected chi connectivity index (χ0v) is 20.3. The van der Waals surface area contributed by atoms with Crippen molar-refractivity contribution in [1.29, 1.82) is 0 Å². The van der Waals surface area contributed by atoms with Crippen molar-refractivity contribution in [2.75, 3.05) is 0 Å². The summed E-state index contributed by atoms with van der Waals surface area (Å²) in [5.74, 6) is -0.559. The van der Waals surface area contributed by atoms with Gasteiger partial charge in [0.1, 0.15) is 11.7 Å². The average Bonchev–Trinajstić information content (AvgIpc) is 3.13. The van der Waals surface area contributed by atoms with Crippen molar-refractivity contribution in [1.82, 2.24) is 0 Å². The van der Waals surface area contributed by atoms with Crippen LogP contribution < -0.4 is 0 Å². The highest BCUT2D eigenvalue weighted by atomic mass is 16.6. The lowest BCUT2D eigenvalue weighted by Gasteiger charge is -2.59. The highest BCUT2D eigenvalue weighted by molar-refractivity contribution is 5.88. The average molecular weight is 445 g/mol. The van der Waals surface area contributed by atoms with E-state index >= 15 is 0 Å². The predicted molar refractivity (Wildman–Crippen MR) is 121 cm³/mol. The number of rotatable bonds is 5. The number of fused-ring (bicyclic) bond motifs is 2. The highest BCUT2D eigenvalue weighted by Crippen LogP contribution is 2.65. The minimum absolute atomic E-state index is 0.0153. The minimum atomic E-state index is -1.44. The molecule has 3 rings (SSSR count). The number of aryl methyl sites for hydroxylation is 1. The van der Waals surface area contributed by atoms with Gasteiger partial charge in [-0.2, -0.15) is 0 Å². The summed E-state index contributed by atoms with van der Waals surface area (Å²) in [6.45, 7) is 13.2. The molecule has 0 spiro atoms. The van der Waals surface area contributed by atoms with E-state index in [9.17, 15) is 14.7 Å². The Hall–Kier alpha value is -2.34. The van der Waals surface area contributed by atoms with Crippen molar-refractivity contribution in [3.8, 4) is 0 Å². The molecule has 1 heterocycles. The third-order valence-corrected chi connectivity index (χ3v) is 7.82. The molecule has 2 aliphatic rings. The van der Waals surface area contributed by atoms with Gasteiger partial charge in [-0.15, -0.1) is 0 Å². The van der Waals surface area contributed by atoms with Gasteiger partial charge in [0.15, 0.2) is 11.9 Å². The molecular formula is C26H36O6. The summed E-state index contributed by atoms with van der Waals surface area (Å²) in [4.78, 5) is 25.6. The molecule has 0 bridgehead atoms. The molecule has 0 radical (unpaired) electrons. The van der Waals surface area contributed by atoms with Crippen molar-refractivity contribution in [3.63, 3.8) is 0 Å². The lowest BCUT2D eigenvalue weighted by Crippen LogP contribution is -2.62. The molecule has 6 nitrogen and oxygen atoms in total. The summed E-state index contributed by atoms with van der Waals surface area (Å²) >= 11 is 0. The quantitative estimate of drug-likeness (QED) is 0.466. The van der Waals surface area contributed by atoms with Crippen LogP contribution in [0.2, 0.25) is 0 Å². The highest BCUT2D eigenvalue weighted by Gasteiger charge is 2.68. The summed E-state index contributed by atoms with van der Waals surface area (Å²) in [6.07, 6.45) is 5.84. The van der Waals surface area contributed by atoms with E-state index in [0.29, 0.717) is 23.3 Å². The molecule has 5 atom stereocenters. The zero-order chi connectivity index (χ0) is 23.8. The second-order valence-corrected chi connectivity index (χ2v) is 9.62. The molecule has 0 amide bonds. The van der Waals surface area contributed by atoms with Gasteiger partial charge in [-0.3, -0.25) is 0 Å². The monoisotopic (exact) mass is 444 g/mol. The number of esters is 2. The van der Waals surface area contributed by atoms with Crippen LogP contribution in [-0.2, 0) is 19.1 Å². The van der Waals surface area contributed by atoms with E-state index in [4.69, 9.17) is 13.9 Å². The molecule has 176 valence electrons. The first-order valence-corrected chi connectivity index (χ1v) is 11.5. The standard InChI is InChI=1S/C26H36O6/c1-8-15(3)13-19(27)31-23-21-20(17(5)14-30-21)22(32-24(28)16(4)9-2)25(7)18(6)11-10-12-26(23,25)29/h9,13-14,18,22-23,29H,8,10-12H2,1-7H3/t18-,22+,23-,25-,26-/m0/s1. The SMILES string of the molecule is CC=C(C)C(=O)O[C@@H]1c2c(C)coc2[C@H](OC(=O)C=C(C)CC)[C@@]2(O)CCC[C@H](C)[C@@]12C. The van der Waals surface area contributed by atoms with Crippen molar-refractivity contribution in [2.45, 2.75) is 92.0 Å². The molecule has 0 unspecified atom stereocenters. The number of carbonyl (C=O) groups excluding carboxylic acids is 2. The van der Waals surface area contributed by atoms with Crippen molar-refractivity contribution in [3.05, 3.63) is 46.4 Å². The fraction of sp³-hybridized carbons (Fsp3) is 0.615. The summed E-state index contributed by atoms with van der Waals surface area (Å²) in [5.41, 5.74) is 0.570. The molecule has 1 aromatic heterocycles. The number of allylic oxidation sites excluding steroid dienone is 2. The Labute approximate surface area is 190 Å². The topological polar surface area (TPSA) is 86.0 Å². The maximum absolute atomic E-state index is 12.8. The van der Waals surface area contributed by atoms with Gasteiger partial charge in [0.25, 0.3) is 0 Å². The Balaban J connectivity index is 2.17. The second kappa shape index (κ2) is 8.89. The normalized spacial score (nSPS) is 32.7. The van der Waals surface area contributed by atoms with E-state index < -0.39 is 35.2 Å². The van der Waals surface area contributed by atoms with Crippen LogP contribution in [0.25, 0.3) is 0 Å². The molecule has 1 saturated carbocycles. The molecule has 1 fully saturated rings. The Bertz CT molecular complexity index is 954. The van der Waals surface area contributed by atoms with E-state index in [1.807, 2.05) is 27.7 Å². The van der Waals surface area contributed by atoms with Gasteiger partial charge >= 0.3 is 11.9 Å². The summed E-state index contributed by atoms with van der Waals surface area (Å²) in [5, 5.41) is 12.2. The van der Waals surface area contributed by atoms with Crippen LogP contribution in [0.5, 0.6) is 0 Å². The molecule has 2 aliphatic carbocycles. The Morgan fingerprint density at radius 2 is 1.97 bits per heavy atom. The summed E-state index contributed by atoms with van der Waals surface area (Å²) in [7, 11) is 0. The fourth-order valence-corrected chi connectivity index (χ4v) is 5.21. The smallest absolute Gasteiger partial charge is 0.334 e. The van der Waals surface area contributed by atoms with Gasteiger partial charge in [0, 0.05) is 22.6 Å². The van der Waals surface area contributed by atoms with Crippen LogP contribution >= 0.6 is 0 Å². The number of hydrogen-bond donors (Lipinski definition) is 1. The van der Waals surface area contributed by atoms with Crippen LogP contribution in [0.1, 0.15) is 96.3 Å².